The van der Waals surface area contributed by atoms with E-state index < -0.39 is 0 Å². The van der Waals surface area contributed by atoms with Crippen LogP contribution in [-0.2, 0) is 4.79 Å². The van der Waals surface area contributed by atoms with Crippen molar-refractivity contribution in [2.45, 2.75) is 13.0 Å². The SMILES string of the molecule is CC(NC(=O)COc1ccccc1C#N)c1cccnc1. The van der Waals surface area contributed by atoms with Gasteiger partial charge in [0.25, 0.3) is 5.91 Å². The van der Waals surface area contributed by atoms with Gasteiger partial charge in [-0.15, -0.1) is 0 Å². The Morgan fingerprint density at radius 2 is 2.19 bits per heavy atom. The van der Waals surface area contributed by atoms with Gasteiger partial charge in [0.2, 0.25) is 0 Å². The molecule has 1 unspecified atom stereocenters. The molecule has 2 aromatic rings. The minimum atomic E-state index is -0.251. The molecule has 21 heavy (non-hydrogen) atoms. The van der Waals surface area contributed by atoms with Gasteiger partial charge in [-0.1, -0.05) is 18.2 Å². The van der Waals surface area contributed by atoms with Crippen LogP contribution in [0.3, 0.4) is 0 Å². The first kappa shape index (κ1) is 14.5. The summed E-state index contributed by atoms with van der Waals surface area (Å²) in [6.07, 6.45) is 3.39. The fourth-order valence-corrected chi connectivity index (χ4v) is 1.83. The molecule has 0 aliphatic carbocycles. The van der Waals surface area contributed by atoms with Gasteiger partial charge >= 0.3 is 0 Å². The molecule has 1 atom stereocenters. The number of nitrogens with one attached hydrogen (secondary N) is 1. The normalized spacial score (nSPS) is 11.2. The van der Waals surface area contributed by atoms with Crippen LogP contribution in [0, 0.1) is 11.3 Å². The molecule has 0 spiro atoms. The van der Waals surface area contributed by atoms with Crippen LogP contribution in [-0.4, -0.2) is 17.5 Å². The molecule has 5 nitrogen and oxygen atoms in total. The van der Waals surface area contributed by atoms with Gasteiger partial charge in [0.1, 0.15) is 11.8 Å². The van der Waals surface area contributed by atoms with Crippen molar-refractivity contribution in [3.63, 3.8) is 0 Å². The van der Waals surface area contributed by atoms with Gasteiger partial charge in [-0.05, 0) is 30.7 Å². The van der Waals surface area contributed by atoms with E-state index in [0.717, 1.165) is 5.56 Å². The Hall–Kier alpha value is -2.87. The van der Waals surface area contributed by atoms with Crippen LogP contribution < -0.4 is 10.1 Å². The molecule has 1 aromatic carbocycles. The lowest BCUT2D eigenvalue weighted by atomic mass is 10.1. The predicted molar refractivity (Wildman–Crippen MR) is 77.4 cm³/mol. The molecule has 106 valence electrons. The number of aromatic nitrogens is 1. The number of para-hydroxylation sites is 1. The van der Waals surface area contributed by atoms with E-state index in [4.69, 9.17) is 10.00 Å². The van der Waals surface area contributed by atoms with Crippen molar-refractivity contribution in [3.05, 3.63) is 59.9 Å². The molecule has 1 aromatic heterocycles. The quantitative estimate of drug-likeness (QED) is 0.911. The van der Waals surface area contributed by atoms with E-state index in [-0.39, 0.29) is 18.6 Å². The minimum absolute atomic E-state index is 0.136. The molecule has 0 bridgehead atoms. The first-order valence-corrected chi connectivity index (χ1v) is 6.52. The number of ether oxygens (including phenoxy) is 1. The molecule has 5 heteroatoms. The number of hydrogen-bond acceptors (Lipinski definition) is 4. The van der Waals surface area contributed by atoms with Crippen molar-refractivity contribution in [3.8, 4) is 11.8 Å². The monoisotopic (exact) mass is 281 g/mol. The average molecular weight is 281 g/mol. The topological polar surface area (TPSA) is 75.0 Å². The lowest BCUT2D eigenvalue weighted by Crippen LogP contribution is -2.31. The largest absolute Gasteiger partial charge is 0.482 e. The van der Waals surface area contributed by atoms with E-state index in [1.165, 1.54) is 0 Å². The van der Waals surface area contributed by atoms with E-state index in [9.17, 15) is 4.79 Å². The fourth-order valence-electron chi connectivity index (χ4n) is 1.83. The number of rotatable bonds is 5. The Balaban J connectivity index is 1.89. The first-order valence-electron chi connectivity index (χ1n) is 6.52. The Kier molecular flexibility index (Phi) is 4.89. The molecular formula is C16H15N3O2. The van der Waals surface area contributed by atoms with Gasteiger partial charge in [-0.3, -0.25) is 9.78 Å². The van der Waals surface area contributed by atoms with Gasteiger partial charge in [-0.25, -0.2) is 0 Å². The summed E-state index contributed by atoms with van der Waals surface area (Å²) in [5.74, 6) is 0.156. The lowest BCUT2D eigenvalue weighted by molar-refractivity contribution is -0.123. The van der Waals surface area contributed by atoms with Crippen LogP contribution >= 0.6 is 0 Å². The summed E-state index contributed by atoms with van der Waals surface area (Å²) in [5.41, 5.74) is 1.33. The number of benzene rings is 1. The molecule has 0 saturated heterocycles. The van der Waals surface area contributed by atoms with Crippen molar-refractivity contribution >= 4 is 5.91 Å². The Bertz CT molecular complexity index is 650. The van der Waals surface area contributed by atoms with Crippen molar-refractivity contribution in [1.29, 1.82) is 5.26 Å². The lowest BCUT2D eigenvalue weighted by Gasteiger charge is -2.14. The molecule has 0 fully saturated rings. The summed E-state index contributed by atoms with van der Waals surface area (Å²) in [4.78, 5) is 15.9. The summed E-state index contributed by atoms with van der Waals surface area (Å²) < 4.78 is 5.38. The molecule has 0 saturated carbocycles. The molecule has 0 aliphatic rings. The standard InChI is InChI=1S/C16H15N3O2/c1-12(14-6-4-8-18-10-14)19-16(20)11-21-15-7-3-2-5-13(15)9-17/h2-8,10,12H,11H2,1H3,(H,19,20). The molecule has 0 radical (unpaired) electrons. The predicted octanol–water partition coefficient (Wildman–Crippen LogP) is 2.21. The Labute approximate surface area is 123 Å². The average Bonchev–Trinajstić information content (AvgIpc) is 2.54. The van der Waals surface area contributed by atoms with E-state index in [1.54, 1.807) is 36.7 Å². The highest BCUT2D eigenvalue weighted by Gasteiger charge is 2.11. The summed E-state index contributed by atoms with van der Waals surface area (Å²) in [6.45, 7) is 1.74. The third kappa shape index (κ3) is 4.05. The molecule has 1 amide bonds. The first-order chi connectivity index (χ1) is 10.2. The second kappa shape index (κ2) is 7.06. The van der Waals surface area contributed by atoms with Gasteiger partial charge in [0, 0.05) is 12.4 Å². The Morgan fingerprint density at radius 3 is 2.90 bits per heavy atom. The zero-order valence-electron chi connectivity index (χ0n) is 11.6. The number of carbonyl (C=O) groups is 1. The molecule has 2 rings (SSSR count). The zero-order chi connectivity index (χ0) is 15.1. The van der Waals surface area contributed by atoms with Gasteiger partial charge < -0.3 is 10.1 Å². The minimum Gasteiger partial charge on any atom is -0.482 e. The maximum atomic E-state index is 11.9. The van der Waals surface area contributed by atoms with Crippen molar-refractivity contribution in [2.24, 2.45) is 0 Å². The number of pyridine rings is 1. The van der Waals surface area contributed by atoms with Gasteiger partial charge in [0.15, 0.2) is 6.61 Å². The van der Waals surface area contributed by atoms with E-state index in [2.05, 4.69) is 10.3 Å². The van der Waals surface area contributed by atoms with Crippen LogP contribution in [0.2, 0.25) is 0 Å². The maximum absolute atomic E-state index is 11.9. The zero-order valence-corrected chi connectivity index (χ0v) is 11.6. The van der Waals surface area contributed by atoms with Crippen LogP contribution in [0.5, 0.6) is 5.75 Å². The van der Waals surface area contributed by atoms with Crippen molar-refractivity contribution < 1.29 is 9.53 Å². The number of amides is 1. The molecule has 0 aliphatic heterocycles. The molecular weight excluding hydrogens is 266 g/mol. The van der Waals surface area contributed by atoms with Crippen LogP contribution in [0.4, 0.5) is 0 Å². The van der Waals surface area contributed by atoms with E-state index in [1.807, 2.05) is 25.1 Å². The summed E-state index contributed by atoms with van der Waals surface area (Å²) in [5, 5.41) is 11.8. The van der Waals surface area contributed by atoms with Gasteiger partial charge in [0.05, 0.1) is 11.6 Å². The second-order valence-electron chi connectivity index (χ2n) is 4.47. The maximum Gasteiger partial charge on any atom is 0.258 e. The fraction of sp³-hybridized carbons (Fsp3) is 0.188. The third-order valence-electron chi connectivity index (χ3n) is 2.93. The highest BCUT2D eigenvalue weighted by Crippen LogP contribution is 2.16. The van der Waals surface area contributed by atoms with E-state index in [0.29, 0.717) is 11.3 Å². The van der Waals surface area contributed by atoms with Crippen molar-refractivity contribution in [1.82, 2.24) is 10.3 Å². The van der Waals surface area contributed by atoms with Crippen LogP contribution in [0.25, 0.3) is 0 Å². The van der Waals surface area contributed by atoms with Crippen LogP contribution in [0.15, 0.2) is 48.8 Å². The highest BCUT2D eigenvalue weighted by atomic mass is 16.5. The number of hydrogen-bond donors (Lipinski definition) is 1. The molecule has 1 N–H and O–H groups in total. The Morgan fingerprint density at radius 1 is 1.38 bits per heavy atom. The summed E-state index contributed by atoms with van der Waals surface area (Å²) >= 11 is 0. The smallest absolute Gasteiger partial charge is 0.258 e. The van der Waals surface area contributed by atoms with E-state index >= 15 is 0 Å². The van der Waals surface area contributed by atoms with Gasteiger partial charge in [-0.2, -0.15) is 5.26 Å². The molecule has 1 heterocycles. The second-order valence-corrected chi connectivity index (χ2v) is 4.47. The van der Waals surface area contributed by atoms with Crippen molar-refractivity contribution in [2.75, 3.05) is 6.61 Å². The summed E-state index contributed by atoms with van der Waals surface area (Å²) in [6, 6.07) is 12.4. The third-order valence-corrected chi connectivity index (χ3v) is 2.93. The highest BCUT2D eigenvalue weighted by molar-refractivity contribution is 5.78. The summed E-state index contributed by atoms with van der Waals surface area (Å²) in [7, 11) is 0. The number of nitrogens with zero attached hydrogens (tertiary/aromatic N) is 2. The number of nitriles is 1. The number of carbonyl (C=O) groups excluding carboxylic acids is 1. The van der Waals surface area contributed by atoms with Crippen LogP contribution in [0.1, 0.15) is 24.1 Å².